The van der Waals surface area contributed by atoms with Crippen molar-refractivity contribution in [3.8, 4) is 0 Å². The van der Waals surface area contributed by atoms with E-state index in [1.807, 2.05) is 0 Å². The molecule has 0 aromatic rings. The van der Waals surface area contributed by atoms with Gasteiger partial charge in [-0.15, -0.1) is 0 Å². The molecule has 0 amide bonds. The van der Waals surface area contributed by atoms with Gasteiger partial charge in [0.05, 0.1) is 0 Å². The largest absolute Gasteiger partial charge is 0.478 e. The lowest BCUT2D eigenvalue weighted by atomic mass is 10.00. The van der Waals surface area contributed by atoms with E-state index in [9.17, 15) is 26.7 Å². The predicted molar refractivity (Wildman–Crippen MR) is 51.1 cm³/mol. The van der Waals surface area contributed by atoms with E-state index in [0.29, 0.717) is 6.92 Å². The summed E-state index contributed by atoms with van der Waals surface area (Å²) in [7, 11) is 0. The number of hydrogen-bond donors (Lipinski definition) is 1. The normalized spacial score (nSPS) is 14.5. The van der Waals surface area contributed by atoms with Gasteiger partial charge in [0.2, 0.25) is 0 Å². The second-order valence-electron chi connectivity index (χ2n) is 3.71. The van der Waals surface area contributed by atoms with Gasteiger partial charge in [-0.2, -0.15) is 17.6 Å². The van der Waals surface area contributed by atoms with Gasteiger partial charge in [-0.25, -0.2) is 9.18 Å². The van der Waals surface area contributed by atoms with E-state index >= 15 is 0 Å². The number of carbonyl (C=O) groups is 1. The average Bonchev–Trinajstić information content (AvgIpc) is 2.16. The molecule has 0 radical (unpaired) electrons. The van der Waals surface area contributed by atoms with Gasteiger partial charge in [0.25, 0.3) is 0 Å². The summed E-state index contributed by atoms with van der Waals surface area (Å²) in [5.74, 6) is -10.6. The van der Waals surface area contributed by atoms with Crippen LogP contribution in [-0.2, 0) is 4.79 Å². The minimum absolute atomic E-state index is 0.346. The van der Waals surface area contributed by atoms with Crippen molar-refractivity contribution >= 4 is 5.97 Å². The topological polar surface area (TPSA) is 37.3 Å². The molecule has 1 unspecified atom stereocenters. The van der Waals surface area contributed by atoms with Crippen LogP contribution >= 0.6 is 0 Å². The summed E-state index contributed by atoms with van der Waals surface area (Å²) in [4.78, 5) is 10.3. The maximum atomic E-state index is 12.9. The monoisotopic (exact) mass is 260 g/mol. The van der Waals surface area contributed by atoms with Crippen molar-refractivity contribution < 1.29 is 31.9 Å². The summed E-state index contributed by atoms with van der Waals surface area (Å²) in [6, 6.07) is 0. The summed E-state index contributed by atoms with van der Waals surface area (Å²) in [5.41, 5.74) is -0.350. The van der Waals surface area contributed by atoms with Gasteiger partial charge >= 0.3 is 17.8 Å². The Bertz CT molecular complexity index is 299. The highest BCUT2D eigenvalue weighted by Gasteiger charge is 2.59. The van der Waals surface area contributed by atoms with E-state index in [0.717, 1.165) is 0 Å². The zero-order chi connectivity index (χ0) is 13.9. The van der Waals surface area contributed by atoms with Crippen molar-refractivity contribution in [2.75, 3.05) is 0 Å². The van der Waals surface area contributed by atoms with Gasteiger partial charge in [-0.05, 0) is 19.8 Å². The summed E-state index contributed by atoms with van der Waals surface area (Å²) >= 11 is 0. The Balaban J connectivity index is 4.38. The standard InChI is InChI=1S/C10H13F5O2/c1-6(8(16)17)4-3-5-9(12,13)10(14,15)7(2)11/h7H,1,3-5H2,2H3,(H,16,17). The summed E-state index contributed by atoms with van der Waals surface area (Å²) in [5, 5.41) is 8.36. The van der Waals surface area contributed by atoms with E-state index in [4.69, 9.17) is 5.11 Å². The number of rotatable bonds is 7. The van der Waals surface area contributed by atoms with E-state index in [-0.39, 0.29) is 12.0 Å². The molecule has 0 bridgehead atoms. The van der Waals surface area contributed by atoms with E-state index in [1.54, 1.807) is 0 Å². The predicted octanol–water partition coefficient (Wildman–Crippen LogP) is 3.43. The molecular formula is C10H13F5O2. The van der Waals surface area contributed by atoms with Gasteiger partial charge in [0, 0.05) is 12.0 Å². The lowest BCUT2D eigenvalue weighted by molar-refractivity contribution is -0.238. The van der Waals surface area contributed by atoms with Crippen molar-refractivity contribution in [2.45, 2.75) is 44.2 Å². The highest BCUT2D eigenvalue weighted by molar-refractivity contribution is 5.85. The van der Waals surface area contributed by atoms with Crippen LogP contribution in [0.3, 0.4) is 0 Å². The lowest BCUT2D eigenvalue weighted by Crippen LogP contribution is -2.46. The fourth-order valence-electron chi connectivity index (χ4n) is 1.09. The highest BCUT2D eigenvalue weighted by atomic mass is 19.3. The fourth-order valence-corrected chi connectivity index (χ4v) is 1.09. The van der Waals surface area contributed by atoms with Crippen LogP contribution in [0.1, 0.15) is 26.2 Å². The summed E-state index contributed by atoms with van der Waals surface area (Å²) in [6.45, 7) is 3.42. The van der Waals surface area contributed by atoms with Gasteiger partial charge in [0.1, 0.15) is 0 Å². The van der Waals surface area contributed by atoms with Crippen LogP contribution in [0.25, 0.3) is 0 Å². The Labute approximate surface area is 95.1 Å². The van der Waals surface area contributed by atoms with Crippen molar-refractivity contribution in [3.05, 3.63) is 12.2 Å². The Kier molecular flexibility index (Phi) is 5.10. The molecule has 0 aliphatic carbocycles. The maximum absolute atomic E-state index is 12.9. The molecule has 0 saturated carbocycles. The van der Waals surface area contributed by atoms with Crippen LogP contribution in [0.4, 0.5) is 22.0 Å². The summed E-state index contributed by atoms with van der Waals surface area (Å²) < 4.78 is 63.7. The van der Waals surface area contributed by atoms with Gasteiger partial charge in [-0.1, -0.05) is 6.58 Å². The van der Waals surface area contributed by atoms with Crippen LogP contribution < -0.4 is 0 Å². The van der Waals surface area contributed by atoms with Crippen molar-refractivity contribution in [1.29, 1.82) is 0 Å². The Hall–Kier alpha value is -1.14. The van der Waals surface area contributed by atoms with Crippen molar-refractivity contribution in [1.82, 2.24) is 0 Å². The maximum Gasteiger partial charge on any atom is 0.340 e. The smallest absolute Gasteiger partial charge is 0.340 e. The summed E-state index contributed by atoms with van der Waals surface area (Å²) in [6.07, 6.45) is -5.11. The first-order valence-electron chi connectivity index (χ1n) is 4.83. The lowest BCUT2D eigenvalue weighted by Gasteiger charge is -2.27. The quantitative estimate of drug-likeness (QED) is 0.562. The molecule has 0 saturated heterocycles. The Morgan fingerprint density at radius 1 is 1.35 bits per heavy atom. The van der Waals surface area contributed by atoms with Crippen LogP contribution in [0, 0.1) is 0 Å². The third kappa shape index (κ3) is 3.98. The Morgan fingerprint density at radius 2 is 1.82 bits per heavy atom. The van der Waals surface area contributed by atoms with Crippen LogP contribution in [0.15, 0.2) is 12.2 Å². The molecule has 0 rings (SSSR count). The van der Waals surface area contributed by atoms with Gasteiger partial charge in [0.15, 0.2) is 6.17 Å². The van der Waals surface area contributed by atoms with Crippen molar-refractivity contribution in [2.24, 2.45) is 0 Å². The third-order valence-electron chi connectivity index (χ3n) is 2.26. The SMILES string of the molecule is C=C(CCCC(F)(F)C(F)(F)C(C)F)C(=O)O. The van der Waals surface area contributed by atoms with Crippen LogP contribution in [-0.4, -0.2) is 29.1 Å². The number of carboxylic acid groups (broad SMARTS) is 1. The van der Waals surface area contributed by atoms with Crippen molar-refractivity contribution in [3.63, 3.8) is 0 Å². The highest BCUT2D eigenvalue weighted by Crippen LogP contribution is 2.41. The average molecular weight is 260 g/mol. The zero-order valence-corrected chi connectivity index (χ0v) is 9.15. The number of alkyl halides is 5. The minimum Gasteiger partial charge on any atom is -0.478 e. The fraction of sp³-hybridized carbons (Fsp3) is 0.700. The molecule has 2 nitrogen and oxygen atoms in total. The first-order chi connectivity index (χ1) is 7.52. The molecule has 0 heterocycles. The minimum atomic E-state index is -4.75. The van der Waals surface area contributed by atoms with E-state index < -0.39 is 36.8 Å². The first-order valence-corrected chi connectivity index (χ1v) is 4.83. The number of halogens is 5. The van der Waals surface area contributed by atoms with E-state index in [2.05, 4.69) is 6.58 Å². The molecule has 1 atom stereocenters. The molecule has 100 valence electrons. The van der Waals surface area contributed by atoms with Crippen LogP contribution in [0.5, 0.6) is 0 Å². The first kappa shape index (κ1) is 15.9. The molecule has 0 aliphatic rings. The zero-order valence-electron chi connectivity index (χ0n) is 9.15. The molecule has 0 spiro atoms. The molecule has 0 aromatic carbocycles. The molecule has 0 aromatic heterocycles. The number of carboxylic acids is 1. The molecule has 7 heteroatoms. The number of hydrogen-bond acceptors (Lipinski definition) is 1. The molecule has 1 N–H and O–H groups in total. The Morgan fingerprint density at radius 3 is 2.18 bits per heavy atom. The van der Waals surface area contributed by atoms with Gasteiger partial charge in [-0.3, -0.25) is 0 Å². The molecule has 0 aliphatic heterocycles. The molecule has 0 fully saturated rings. The van der Waals surface area contributed by atoms with Gasteiger partial charge < -0.3 is 5.11 Å². The molecule has 17 heavy (non-hydrogen) atoms. The second-order valence-corrected chi connectivity index (χ2v) is 3.71. The third-order valence-corrected chi connectivity index (χ3v) is 2.26. The van der Waals surface area contributed by atoms with E-state index in [1.165, 1.54) is 0 Å². The second kappa shape index (κ2) is 5.46. The number of aliphatic carboxylic acids is 1. The molecular weight excluding hydrogens is 247 g/mol. The van der Waals surface area contributed by atoms with Crippen LogP contribution in [0.2, 0.25) is 0 Å².